The van der Waals surface area contributed by atoms with E-state index in [4.69, 9.17) is 11.6 Å². The molecule has 1 aliphatic carbocycles. The van der Waals surface area contributed by atoms with Crippen molar-refractivity contribution >= 4 is 46.1 Å². The summed E-state index contributed by atoms with van der Waals surface area (Å²) in [5.41, 5.74) is 6.00. The van der Waals surface area contributed by atoms with Crippen molar-refractivity contribution in [3.63, 3.8) is 0 Å². The number of hydrogen-bond acceptors (Lipinski definition) is 3. The van der Waals surface area contributed by atoms with Crippen molar-refractivity contribution in [2.45, 2.75) is 50.3 Å². The van der Waals surface area contributed by atoms with E-state index in [-0.39, 0.29) is 16.7 Å². The van der Waals surface area contributed by atoms with E-state index >= 15 is 0 Å². The summed E-state index contributed by atoms with van der Waals surface area (Å²) in [5.74, 6) is 0.805. The van der Waals surface area contributed by atoms with Gasteiger partial charge in [-0.25, -0.2) is 5.01 Å². The Morgan fingerprint density at radius 1 is 1.21 bits per heavy atom. The Balaban J connectivity index is 1.47. The van der Waals surface area contributed by atoms with Gasteiger partial charge in [0.15, 0.2) is 0 Å². The number of carbonyl (C=O) groups excluding carboxylic acids is 2. The van der Waals surface area contributed by atoms with Crippen LogP contribution in [0.2, 0.25) is 5.02 Å². The maximum Gasteiger partial charge on any atom is 0.286 e. The Bertz CT molecular complexity index is 1180. The summed E-state index contributed by atoms with van der Waals surface area (Å²) in [7, 11) is 0. The Kier molecular flexibility index (Phi) is 6.14. The molecule has 1 aliphatic heterocycles. The minimum atomic E-state index is -0.334. The van der Waals surface area contributed by atoms with Crippen LogP contribution in [0.3, 0.4) is 0 Å². The van der Waals surface area contributed by atoms with Crippen LogP contribution < -0.4 is 5.43 Å². The number of nitrogens with one attached hydrogen (secondary N) is 2. The third kappa shape index (κ3) is 4.15. The van der Waals surface area contributed by atoms with E-state index in [2.05, 4.69) is 17.3 Å². The monoisotopic (exact) mass is 481 g/mol. The van der Waals surface area contributed by atoms with E-state index in [1.807, 2.05) is 42.5 Å². The molecular formula is C26H28ClN3O2S. The molecule has 7 heteroatoms. The number of nitrogens with zero attached hydrogens (tertiary/aromatic N) is 1. The van der Waals surface area contributed by atoms with E-state index in [9.17, 15) is 9.59 Å². The molecule has 2 amide bonds. The number of H-pyrrole nitrogens is 1. The van der Waals surface area contributed by atoms with Crippen LogP contribution in [0.5, 0.6) is 0 Å². The number of amides is 2. The zero-order valence-electron chi connectivity index (χ0n) is 18.7. The van der Waals surface area contributed by atoms with E-state index in [1.54, 1.807) is 22.8 Å². The van der Waals surface area contributed by atoms with Crippen LogP contribution in [0, 0.1) is 5.92 Å². The molecule has 0 atom stereocenters. The minimum absolute atomic E-state index is 0.0253. The van der Waals surface area contributed by atoms with Gasteiger partial charge in [-0.3, -0.25) is 15.0 Å². The molecule has 2 aromatic carbocycles. The summed E-state index contributed by atoms with van der Waals surface area (Å²) in [6.45, 7) is 2.22. The second-order valence-corrected chi connectivity index (χ2v) is 10.8. The van der Waals surface area contributed by atoms with Crippen molar-refractivity contribution in [2.24, 2.45) is 5.92 Å². The largest absolute Gasteiger partial charge is 0.350 e. The van der Waals surface area contributed by atoms with Crippen molar-refractivity contribution in [3.05, 3.63) is 59.2 Å². The summed E-state index contributed by atoms with van der Waals surface area (Å²) in [4.78, 5) is 29.4. The number of thioether (sulfide) groups is 1. The summed E-state index contributed by atoms with van der Waals surface area (Å²) in [6.07, 6.45) is 6.46. The lowest BCUT2D eigenvalue weighted by atomic mass is 9.83. The van der Waals surface area contributed by atoms with Crippen molar-refractivity contribution in [1.29, 1.82) is 0 Å². The SMILES string of the molecule is CCCC1CCC2(CC1)SCC(=O)N2NC(=O)c1[nH]c2ccc(Cl)cc2c1-c1ccccc1. The summed E-state index contributed by atoms with van der Waals surface area (Å²) < 4.78 is 0. The summed E-state index contributed by atoms with van der Waals surface area (Å²) >= 11 is 7.97. The number of hydrazine groups is 1. The Morgan fingerprint density at radius 2 is 1.97 bits per heavy atom. The van der Waals surface area contributed by atoms with Gasteiger partial charge in [0.1, 0.15) is 10.6 Å². The van der Waals surface area contributed by atoms with Gasteiger partial charge in [0.25, 0.3) is 11.8 Å². The number of aromatic amines is 1. The predicted molar refractivity (Wildman–Crippen MR) is 135 cm³/mol. The Morgan fingerprint density at radius 3 is 2.70 bits per heavy atom. The van der Waals surface area contributed by atoms with Crippen molar-refractivity contribution in [2.75, 3.05) is 5.75 Å². The number of benzene rings is 2. The lowest BCUT2D eigenvalue weighted by Gasteiger charge is -2.42. The smallest absolute Gasteiger partial charge is 0.286 e. The average molecular weight is 482 g/mol. The third-order valence-electron chi connectivity index (χ3n) is 6.97. The van der Waals surface area contributed by atoms with Crippen molar-refractivity contribution < 1.29 is 9.59 Å². The topological polar surface area (TPSA) is 65.2 Å². The quantitative estimate of drug-likeness (QED) is 0.443. The maximum absolute atomic E-state index is 13.6. The molecule has 1 spiro atoms. The molecule has 0 unspecified atom stereocenters. The highest BCUT2D eigenvalue weighted by atomic mass is 35.5. The van der Waals surface area contributed by atoms with Crippen LogP contribution in [0.4, 0.5) is 0 Å². The van der Waals surface area contributed by atoms with Gasteiger partial charge in [-0.05, 0) is 55.4 Å². The van der Waals surface area contributed by atoms with Gasteiger partial charge < -0.3 is 4.98 Å². The van der Waals surface area contributed by atoms with Crippen molar-refractivity contribution in [1.82, 2.24) is 15.4 Å². The summed E-state index contributed by atoms with van der Waals surface area (Å²) in [5, 5.41) is 3.13. The number of fused-ring (bicyclic) bond motifs is 1. The molecule has 2 N–H and O–H groups in total. The van der Waals surface area contributed by atoms with Gasteiger partial charge >= 0.3 is 0 Å². The van der Waals surface area contributed by atoms with Gasteiger partial charge in [-0.2, -0.15) is 0 Å². The zero-order valence-corrected chi connectivity index (χ0v) is 20.3. The van der Waals surface area contributed by atoms with E-state index < -0.39 is 0 Å². The second-order valence-electron chi connectivity index (χ2n) is 9.07. The molecule has 172 valence electrons. The van der Waals surface area contributed by atoms with Gasteiger partial charge in [0.05, 0.1) is 5.75 Å². The molecule has 5 nitrogen and oxygen atoms in total. The minimum Gasteiger partial charge on any atom is -0.350 e. The van der Waals surface area contributed by atoms with Gasteiger partial charge in [0, 0.05) is 21.5 Å². The standard InChI is InChI=1S/C26H28ClN3O2S/c1-2-6-17-11-13-26(14-12-17)30(22(31)16-33-26)29-25(32)24-23(18-7-4-3-5-8-18)20-15-19(27)9-10-21(20)28-24/h3-5,7-10,15,17,28H,2,6,11-14,16H2,1H3,(H,29,32). The lowest BCUT2D eigenvalue weighted by Crippen LogP contribution is -2.55. The first-order valence-corrected chi connectivity index (χ1v) is 13.0. The lowest BCUT2D eigenvalue weighted by molar-refractivity contribution is -0.134. The van der Waals surface area contributed by atoms with Crippen LogP contribution in [0.25, 0.3) is 22.0 Å². The highest BCUT2D eigenvalue weighted by Crippen LogP contribution is 2.48. The molecule has 1 saturated heterocycles. The van der Waals surface area contributed by atoms with Gasteiger partial charge in [-0.15, -0.1) is 11.8 Å². The molecule has 5 rings (SSSR count). The number of halogens is 1. The number of hydrogen-bond donors (Lipinski definition) is 2. The first kappa shape index (κ1) is 22.4. The molecule has 0 radical (unpaired) electrons. The van der Waals surface area contributed by atoms with Crippen LogP contribution in [-0.4, -0.2) is 32.4 Å². The Hall–Kier alpha value is -2.44. The highest BCUT2D eigenvalue weighted by Gasteiger charge is 2.49. The van der Waals surface area contributed by atoms with Crippen LogP contribution >= 0.6 is 23.4 Å². The molecular weight excluding hydrogens is 454 g/mol. The predicted octanol–water partition coefficient (Wildman–Crippen LogP) is 6.40. The summed E-state index contributed by atoms with van der Waals surface area (Å²) in [6, 6.07) is 15.4. The maximum atomic E-state index is 13.6. The highest BCUT2D eigenvalue weighted by molar-refractivity contribution is 8.01. The number of carbonyl (C=O) groups is 2. The molecule has 3 aromatic rings. The zero-order chi connectivity index (χ0) is 23.0. The average Bonchev–Trinajstić information content (AvgIpc) is 3.34. The number of rotatable bonds is 5. The van der Waals surface area contributed by atoms with Crippen LogP contribution in [-0.2, 0) is 4.79 Å². The number of aromatic nitrogens is 1. The van der Waals surface area contributed by atoms with Crippen LogP contribution in [0.15, 0.2) is 48.5 Å². The molecule has 33 heavy (non-hydrogen) atoms. The van der Waals surface area contributed by atoms with E-state index in [0.29, 0.717) is 16.5 Å². The fourth-order valence-corrected chi connectivity index (χ4v) is 6.80. The molecule has 0 bridgehead atoms. The molecule has 2 fully saturated rings. The molecule has 2 heterocycles. The van der Waals surface area contributed by atoms with Crippen LogP contribution in [0.1, 0.15) is 55.9 Å². The first-order valence-electron chi connectivity index (χ1n) is 11.7. The molecule has 2 aliphatic rings. The normalized spacial score (nSPS) is 22.9. The molecule has 1 aromatic heterocycles. The second kappa shape index (κ2) is 9.07. The van der Waals surface area contributed by atoms with E-state index in [1.165, 1.54) is 12.8 Å². The van der Waals surface area contributed by atoms with Gasteiger partial charge in [-0.1, -0.05) is 61.7 Å². The Labute approximate surface area is 203 Å². The fourth-order valence-electron chi connectivity index (χ4n) is 5.31. The third-order valence-corrected chi connectivity index (χ3v) is 8.72. The first-order chi connectivity index (χ1) is 16.0. The molecule has 1 saturated carbocycles. The van der Waals surface area contributed by atoms with Gasteiger partial charge in [0.2, 0.25) is 0 Å². The van der Waals surface area contributed by atoms with Crippen molar-refractivity contribution in [3.8, 4) is 11.1 Å². The fraction of sp³-hybridized carbons (Fsp3) is 0.385. The van der Waals surface area contributed by atoms with E-state index in [0.717, 1.165) is 53.6 Å².